The molecule has 17 nitrogen and oxygen atoms in total. The Morgan fingerprint density at radius 3 is 1.92 bits per heavy atom. The van der Waals surface area contributed by atoms with Crippen molar-refractivity contribution in [1.82, 2.24) is 15.3 Å². The van der Waals surface area contributed by atoms with E-state index in [-0.39, 0.29) is 93.2 Å². The summed E-state index contributed by atoms with van der Waals surface area (Å²) in [5.74, 6) is -1.52. The predicted octanol–water partition coefficient (Wildman–Crippen LogP) is 7.22. The first-order valence-electron chi connectivity index (χ1n) is 22.1. The van der Waals surface area contributed by atoms with Crippen LogP contribution < -0.4 is 14.8 Å². The number of carbonyl (C=O) groups excluding carboxylic acids is 3. The molecule has 1 heterocycles. The van der Waals surface area contributed by atoms with Crippen molar-refractivity contribution in [2.24, 2.45) is 0 Å². The molecule has 2 aromatic carbocycles. The van der Waals surface area contributed by atoms with Crippen LogP contribution in [-0.2, 0) is 54.5 Å². The van der Waals surface area contributed by atoms with Gasteiger partial charge in [-0.05, 0) is 94.5 Å². The number of aryl methyl sites for hydroxylation is 1. The van der Waals surface area contributed by atoms with Crippen molar-refractivity contribution >= 4 is 39.6 Å². The van der Waals surface area contributed by atoms with Crippen LogP contribution in [0.2, 0.25) is 0 Å². The molecule has 1 amide bonds. The van der Waals surface area contributed by atoms with Crippen LogP contribution in [0.25, 0.3) is 0 Å². The number of hydrogen-bond donors (Lipinski definition) is 3. The van der Waals surface area contributed by atoms with E-state index in [4.69, 9.17) is 33.5 Å². The van der Waals surface area contributed by atoms with E-state index in [0.29, 0.717) is 42.9 Å². The second kappa shape index (κ2) is 30.2. The molecule has 0 unspecified atom stereocenters. The Labute approximate surface area is 381 Å². The summed E-state index contributed by atoms with van der Waals surface area (Å²) in [6, 6.07) is 10.2. The van der Waals surface area contributed by atoms with Crippen LogP contribution in [0.3, 0.4) is 0 Å². The Morgan fingerprint density at radius 2 is 1.28 bits per heavy atom. The molecule has 360 valence electrons. The first-order valence-corrected chi connectivity index (χ1v) is 23.6. The smallest absolute Gasteiger partial charge is 0.329 e. The molecule has 0 aliphatic rings. The molecule has 0 atom stereocenters. The highest BCUT2D eigenvalue weighted by Crippen LogP contribution is 2.26. The molecular formula is C46H65FN4O13S. The molecule has 65 heavy (non-hydrogen) atoms. The molecular weight excluding hydrogens is 868 g/mol. The van der Waals surface area contributed by atoms with Crippen LogP contribution >= 0.6 is 0 Å². The van der Waals surface area contributed by atoms with E-state index in [1.54, 1.807) is 6.07 Å². The Balaban J connectivity index is 1.27. The largest absolute Gasteiger partial charge is 0.480 e. The highest BCUT2D eigenvalue weighted by Gasteiger charge is 2.18. The lowest BCUT2D eigenvalue weighted by atomic mass is 10.0. The van der Waals surface area contributed by atoms with Crippen LogP contribution in [-0.4, -0.2) is 112 Å². The number of hydrogen-bond acceptors (Lipinski definition) is 14. The van der Waals surface area contributed by atoms with Gasteiger partial charge >= 0.3 is 11.9 Å². The molecule has 0 saturated heterocycles. The lowest BCUT2D eigenvalue weighted by Crippen LogP contribution is -2.28. The van der Waals surface area contributed by atoms with Crippen molar-refractivity contribution in [1.29, 1.82) is 0 Å². The highest BCUT2D eigenvalue weighted by atomic mass is 32.2. The summed E-state index contributed by atoms with van der Waals surface area (Å²) < 4.78 is 75.1. The number of amides is 1. The fourth-order valence-electron chi connectivity index (χ4n) is 6.09. The molecule has 3 aromatic rings. The molecule has 19 heteroatoms. The van der Waals surface area contributed by atoms with Crippen LogP contribution in [0.1, 0.15) is 114 Å². The maximum atomic E-state index is 14.6. The molecule has 0 aliphatic heterocycles. The number of Topliss-reactive ketones (excluding diaryl/α,β-unsaturated/α-hetero) is 1. The lowest BCUT2D eigenvalue weighted by Gasteiger charge is -2.19. The van der Waals surface area contributed by atoms with E-state index in [0.717, 1.165) is 57.8 Å². The SMILES string of the molecule is CC(C)(C)OC(=O)CCCCCCCCCCCc1cc(Oc2ccc(S(=O)(=O)Nc3ncc(C(=O)NCCOCCOCC(=O)CCCOCCOCC(=O)O)cn3)cc2)ccc1F. The van der Waals surface area contributed by atoms with Gasteiger partial charge in [-0.15, -0.1) is 0 Å². The number of rotatable bonds is 35. The highest BCUT2D eigenvalue weighted by molar-refractivity contribution is 7.92. The minimum Gasteiger partial charge on any atom is -0.480 e. The number of carboxylic acids is 1. The molecule has 0 fully saturated rings. The fraction of sp³-hybridized carbons (Fsp3) is 0.565. The minimum atomic E-state index is -4.09. The number of halogens is 1. The van der Waals surface area contributed by atoms with Crippen molar-refractivity contribution in [2.45, 2.75) is 115 Å². The number of benzene rings is 2. The van der Waals surface area contributed by atoms with Crippen molar-refractivity contribution in [2.75, 3.05) is 64.1 Å². The fourth-order valence-corrected chi connectivity index (χ4v) is 7.05. The number of ketones is 1. The Bertz CT molecular complexity index is 2000. The monoisotopic (exact) mass is 932 g/mol. The molecule has 1 aromatic heterocycles. The van der Waals surface area contributed by atoms with Gasteiger partial charge in [0.05, 0.1) is 43.5 Å². The standard InChI is InChI=1S/C46H65FN4O13S/c1-46(2,3)64-43(55)16-12-10-8-6-4-5-7-9-11-14-35-30-39(19-22-41(35)47)63-38-17-20-40(21-18-38)65(57,58)51-45-49-31-36(32-50-45)44(56)48-23-25-60-27-28-61-33-37(52)15-13-24-59-26-29-62-34-42(53)54/h17-22,30-32H,4-16,23-29,33-34H2,1-3H3,(H,48,56)(H,53,54)(H,49,50,51). The Morgan fingerprint density at radius 1 is 0.692 bits per heavy atom. The van der Waals surface area contributed by atoms with E-state index >= 15 is 0 Å². The normalized spacial score (nSPS) is 11.6. The maximum absolute atomic E-state index is 14.6. The van der Waals surface area contributed by atoms with Crippen molar-refractivity contribution < 1.29 is 65.5 Å². The summed E-state index contributed by atoms with van der Waals surface area (Å²) in [5, 5.41) is 11.1. The summed E-state index contributed by atoms with van der Waals surface area (Å²) in [5.41, 5.74) is 0.212. The van der Waals surface area contributed by atoms with Crippen LogP contribution in [0.5, 0.6) is 11.5 Å². The second-order valence-corrected chi connectivity index (χ2v) is 17.8. The summed E-state index contributed by atoms with van der Waals surface area (Å²) >= 11 is 0. The van der Waals surface area contributed by atoms with Gasteiger partial charge in [-0.2, -0.15) is 0 Å². The predicted molar refractivity (Wildman–Crippen MR) is 239 cm³/mol. The summed E-state index contributed by atoms with van der Waals surface area (Å²) in [6.07, 6.45) is 13.4. The summed E-state index contributed by atoms with van der Waals surface area (Å²) in [7, 11) is -4.09. The number of nitrogens with zero attached hydrogens (tertiary/aromatic N) is 2. The Kier molecular flexibility index (Phi) is 25.2. The molecule has 0 radical (unpaired) electrons. The minimum absolute atomic E-state index is 0.0676. The third-order valence-electron chi connectivity index (χ3n) is 9.28. The number of carboxylic acid groups (broad SMARTS) is 1. The number of sulfonamides is 1. The zero-order valence-corrected chi connectivity index (χ0v) is 38.6. The lowest BCUT2D eigenvalue weighted by molar-refractivity contribution is -0.155. The molecule has 3 N–H and O–H groups in total. The van der Waals surface area contributed by atoms with Gasteiger partial charge in [0.25, 0.3) is 15.9 Å². The molecule has 0 bridgehead atoms. The van der Waals surface area contributed by atoms with Crippen LogP contribution in [0.15, 0.2) is 59.8 Å². The van der Waals surface area contributed by atoms with Crippen LogP contribution in [0.4, 0.5) is 10.3 Å². The molecule has 3 rings (SSSR count). The second-order valence-electron chi connectivity index (χ2n) is 16.1. The van der Waals surface area contributed by atoms with E-state index in [1.807, 2.05) is 20.8 Å². The van der Waals surface area contributed by atoms with Gasteiger partial charge < -0.3 is 38.8 Å². The number of esters is 1. The van der Waals surface area contributed by atoms with E-state index in [9.17, 15) is 32.0 Å². The number of nitrogens with one attached hydrogen (secondary N) is 2. The van der Waals surface area contributed by atoms with Crippen molar-refractivity contribution in [3.63, 3.8) is 0 Å². The summed E-state index contributed by atoms with van der Waals surface area (Å²) in [6.45, 7) is 6.65. The molecule has 0 saturated carbocycles. The van der Waals surface area contributed by atoms with E-state index in [1.165, 1.54) is 48.8 Å². The quantitative estimate of drug-likeness (QED) is 0.0391. The first-order chi connectivity index (χ1) is 31.1. The average molecular weight is 933 g/mol. The third kappa shape index (κ3) is 24.7. The van der Waals surface area contributed by atoms with E-state index < -0.39 is 27.5 Å². The third-order valence-corrected chi connectivity index (χ3v) is 10.6. The number of unbranched alkanes of at least 4 members (excludes halogenated alkanes) is 8. The van der Waals surface area contributed by atoms with Gasteiger partial charge in [0.15, 0.2) is 5.78 Å². The summed E-state index contributed by atoms with van der Waals surface area (Å²) in [4.78, 5) is 54.4. The van der Waals surface area contributed by atoms with Gasteiger partial charge in [-0.1, -0.05) is 44.9 Å². The topological polar surface area (TPSA) is 228 Å². The van der Waals surface area contributed by atoms with Crippen LogP contribution in [0, 0.1) is 5.82 Å². The zero-order valence-electron chi connectivity index (χ0n) is 37.8. The average Bonchev–Trinajstić information content (AvgIpc) is 3.25. The van der Waals surface area contributed by atoms with Gasteiger partial charge in [0.1, 0.15) is 36.1 Å². The first kappa shape index (κ1) is 54.3. The number of aromatic nitrogens is 2. The zero-order chi connectivity index (χ0) is 47.3. The number of aliphatic carboxylic acids is 1. The van der Waals surface area contributed by atoms with Crippen molar-refractivity contribution in [3.8, 4) is 11.5 Å². The number of anilines is 1. The maximum Gasteiger partial charge on any atom is 0.329 e. The van der Waals surface area contributed by atoms with Gasteiger partial charge in [0.2, 0.25) is 5.95 Å². The molecule has 0 spiro atoms. The molecule has 0 aliphatic carbocycles. The number of ether oxygens (including phenoxy) is 6. The Hall–Kier alpha value is -5.08. The van der Waals surface area contributed by atoms with E-state index in [2.05, 4.69) is 20.0 Å². The number of carbonyl (C=O) groups is 4. The van der Waals surface area contributed by atoms with Gasteiger partial charge in [-0.25, -0.2) is 32.3 Å². The van der Waals surface area contributed by atoms with Gasteiger partial charge in [-0.3, -0.25) is 14.4 Å². The van der Waals surface area contributed by atoms with Gasteiger partial charge in [0, 0.05) is 38.4 Å². The van der Waals surface area contributed by atoms with Crippen molar-refractivity contribution in [3.05, 3.63) is 71.8 Å².